The second kappa shape index (κ2) is 7.81. The molecule has 1 fully saturated rings. The minimum Gasteiger partial charge on any atom is -0.378 e. The molecule has 29 heavy (non-hydrogen) atoms. The maximum Gasteiger partial charge on any atom is 0.256 e. The van der Waals surface area contributed by atoms with Crippen LogP contribution in [0.4, 0.5) is 4.39 Å². The zero-order valence-electron chi connectivity index (χ0n) is 15.3. The summed E-state index contributed by atoms with van der Waals surface area (Å²) in [6.07, 6.45) is 0.764. The standard InChI is InChI=1S/C20H18ClFN4O3/c21-18-16-15(14(22)11-24-18)13(10-23-16)17(27)20(29)26-8-6-25(7-9-26)19(28)12-4-2-1-3-5-12/h1-5,10-11,17,23,27H,6-9H2. The Labute approximate surface area is 170 Å². The van der Waals surface area contributed by atoms with Crippen molar-refractivity contribution in [1.29, 1.82) is 0 Å². The van der Waals surface area contributed by atoms with Gasteiger partial charge in [0.15, 0.2) is 17.1 Å². The molecule has 1 saturated heterocycles. The molecule has 0 aliphatic carbocycles. The van der Waals surface area contributed by atoms with Crippen LogP contribution >= 0.6 is 11.6 Å². The van der Waals surface area contributed by atoms with Gasteiger partial charge in [-0.05, 0) is 12.1 Å². The molecule has 3 aromatic rings. The lowest BCUT2D eigenvalue weighted by atomic mass is 10.1. The van der Waals surface area contributed by atoms with E-state index in [-0.39, 0.29) is 40.6 Å². The second-order valence-corrected chi connectivity index (χ2v) is 7.14. The number of halogens is 2. The molecular weight excluding hydrogens is 399 g/mol. The first-order valence-electron chi connectivity index (χ1n) is 9.09. The summed E-state index contributed by atoms with van der Waals surface area (Å²) in [6.45, 7) is 1.26. The molecule has 2 amide bonds. The third-order valence-electron chi connectivity index (χ3n) is 5.07. The van der Waals surface area contributed by atoms with Gasteiger partial charge >= 0.3 is 0 Å². The fraction of sp³-hybridized carbons (Fsp3) is 0.250. The van der Waals surface area contributed by atoms with Crippen LogP contribution in [0, 0.1) is 5.82 Å². The van der Waals surface area contributed by atoms with E-state index in [4.69, 9.17) is 11.6 Å². The number of aliphatic hydroxyl groups is 1. The average molecular weight is 417 g/mol. The maximum atomic E-state index is 14.2. The Morgan fingerprint density at radius 1 is 1.14 bits per heavy atom. The van der Waals surface area contributed by atoms with Crippen LogP contribution in [-0.4, -0.2) is 62.9 Å². The zero-order valence-corrected chi connectivity index (χ0v) is 16.1. The Balaban J connectivity index is 1.46. The number of nitrogens with one attached hydrogen (secondary N) is 1. The summed E-state index contributed by atoms with van der Waals surface area (Å²) in [5.74, 6) is -1.32. The number of nitrogens with zero attached hydrogens (tertiary/aromatic N) is 3. The smallest absolute Gasteiger partial charge is 0.256 e. The number of rotatable bonds is 3. The molecule has 0 radical (unpaired) electrons. The van der Waals surface area contributed by atoms with E-state index in [1.54, 1.807) is 29.2 Å². The summed E-state index contributed by atoms with van der Waals surface area (Å²) in [4.78, 5) is 34.9. The quantitative estimate of drug-likeness (QED) is 0.641. The molecule has 1 aromatic carbocycles. The number of hydrogen-bond donors (Lipinski definition) is 2. The van der Waals surface area contributed by atoms with Crippen molar-refractivity contribution in [3.63, 3.8) is 0 Å². The molecule has 7 nitrogen and oxygen atoms in total. The predicted molar refractivity (Wildman–Crippen MR) is 105 cm³/mol. The summed E-state index contributed by atoms with van der Waals surface area (Å²) in [6, 6.07) is 8.92. The van der Waals surface area contributed by atoms with Gasteiger partial charge in [0, 0.05) is 48.9 Å². The number of benzene rings is 1. The molecule has 4 rings (SSSR count). The third kappa shape index (κ3) is 3.56. The van der Waals surface area contributed by atoms with Crippen LogP contribution in [-0.2, 0) is 4.79 Å². The normalized spacial score (nSPS) is 15.6. The van der Waals surface area contributed by atoms with Crippen LogP contribution in [0.1, 0.15) is 22.0 Å². The highest BCUT2D eigenvalue weighted by molar-refractivity contribution is 6.33. The summed E-state index contributed by atoms with van der Waals surface area (Å²) in [7, 11) is 0. The molecule has 1 unspecified atom stereocenters. The predicted octanol–water partition coefficient (Wildman–Crippen LogP) is 2.37. The summed E-state index contributed by atoms with van der Waals surface area (Å²) < 4.78 is 14.2. The number of aromatic nitrogens is 2. The van der Waals surface area contributed by atoms with Gasteiger partial charge in [0.1, 0.15) is 0 Å². The first-order valence-corrected chi connectivity index (χ1v) is 9.47. The van der Waals surface area contributed by atoms with Gasteiger partial charge in [-0.3, -0.25) is 9.59 Å². The minimum absolute atomic E-state index is 0.0451. The van der Waals surface area contributed by atoms with Crippen molar-refractivity contribution in [1.82, 2.24) is 19.8 Å². The van der Waals surface area contributed by atoms with E-state index in [2.05, 4.69) is 9.97 Å². The number of hydrogen-bond acceptors (Lipinski definition) is 4. The number of fused-ring (bicyclic) bond motifs is 1. The number of aromatic amines is 1. The monoisotopic (exact) mass is 416 g/mol. The Hall–Kier alpha value is -2.97. The van der Waals surface area contributed by atoms with Gasteiger partial charge in [0.2, 0.25) is 0 Å². The first-order chi connectivity index (χ1) is 14.0. The summed E-state index contributed by atoms with van der Waals surface area (Å²) in [5.41, 5.74) is 0.924. The summed E-state index contributed by atoms with van der Waals surface area (Å²) in [5, 5.41) is 10.7. The molecule has 1 aliphatic heterocycles. The molecule has 3 heterocycles. The van der Waals surface area contributed by atoms with Crippen molar-refractivity contribution in [3.8, 4) is 0 Å². The number of amides is 2. The average Bonchev–Trinajstić information content (AvgIpc) is 3.22. The van der Waals surface area contributed by atoms with Crippen LogP contribution < -0.4 is 0 Å². The van der Waals surface area contributed by atoms with Gasteiger partial charge < -0.3 is 19.9 Å². The van der Waals surface area contributed by atoms with Gasteiger partial charge in [-0.2, -0.15) is 0 Å². The van der Waals surface area contributed by atoms with Crippen LogP contribution in [0.2, 0.25) is 5.15 Å². The lowest BCUT2D eigenvalue weighted by molar-refractivity contribution is -0.142. The lowest BCUT2D eigenvalue weighted by Gasteiger charge is -2.35. The van der Waals surface area contributed by atoms with E-state index in [0.29, 0.717) is 18.7 Å². The molecule has 150 valence electrons. The van der Waals surface area contributed by atoms with Crippen LogP contribution in [0.25, 0.3) is 10.9 Å². The van der Waals surface area contributed by atoms with Crippen molar-refractivity contribution < 1.29 is 19.1 Å². The van der Waals surface area contributed by atoms with Gasteiger partial charge in [0.05, 0.1) is 11.7 Å². The first kappa shape index (κ1) is 19.4. The Kier molecular flexibility index (Phi) is 5.21. The van der Waals surface area contributed by atoms with Crippen LogP contribution in [0.3, 0.4) is 0 Å². The highest BCUT2D eigenvalue weighted by Crippen LogP contribution is 2.31. The number of piperazine rings is 1. The lowest BCUT2D eigenvalue weighted by Crippen LogP contribution is -2.51. The van der Waals surface area contributed by atoms with Gasteiger partial charge in [0.25, 0.3) is 11.8 Å². The number of pyridine rings is 1. The molecule has 1 aliphatic rings. The molecule has 0 bridgehead atoms. The highest BCUT2D eigenvalue weighted by atomic mass is 35.5. The van der Waals surface area contributed by atoms with E-state index in [1.807, 2.05) is 6.07 Å². The van der Waals surface area contributed by atoms with Crippen molar-refractivity contribution in [2.45, 2.75) is 6.10 Å². The van der Waals surface area contributed by atoms with Gasteiger partial charge in [-0.15, -0.1) is 0 Å². The van der Waals surface area contributed by atoms with Gasteiger partial charge in [-0.25, -0.2) is 9.37 Å². The van der Waals surface area contributed by atoms with Crippen molar-refractivity contribution >= 4 is 34.3 Å². The fourth-order valence-electron chi connectivity index (χ4n) is 3.52. The molecule has 2 aromatic heterocycles. The van der Waals surface area contributed by atoms with E-state index in [9.17, 15) is 19.1 Å². The van der Waals surface area contributed by atoms with Crippen molar-refractivity contribution in [3.05, 3.63) is 64.8 Å². The minimum atomic E-state index is -1.55. The second-order valence-electron chi connectivity index (χ2n) is 6.78. The van der Waals surface area contributed by atoms with E-state index >= 15 is 0 Å². The Bertz CT molecular complexity index is 1060. The SMILES string of the molecule is O=C(c1ccccc1)N1CCN(C(=O)C(O)c2c[nH]c3c(Cl)ncc(F)c23)CC1. The van der Waals surface area contributed by atoms with Crippen LogP contribution in [0.15, 0.2) is 42.7 Å². The largest absolute Gasteiger partial charge is 0.378 e. The third-order valence-corrected chi connectivity index (χ3v) is 5.36. The number of aliphatic hydroxyl groups excluding tert-OH is 1. The van der Waals surface area contributed by atoms with Gasteiger partial charge in [-0.1, -0.05) is 29.8 Å². The Morgan fingerprint density at radius 2 is 1.79 bits per heavy atom. The molecular formula is C20H18ClFN4O3. The fourth-order valence-corrected chi connectivity index (χ4v) is 3.71. The van der Waals surface area contributed by atoms with Crippen molar-refractivity contribution in [2.24, 2.45) is 0 Å². The Morgan fingerprint density at radius 3 is 2.48 bits per heavy atom. The summed E-state index contributed by atoms with van der Waals surface area (Å²) >= 11 is 5.95. The zero-order chi connectivity index (χ0) is 20.5. The number of carbonyl (C=O) groups excluding carboxylic acids is 2. The van der Waals surface area contributed by atoms with E-state index in [0.717, 1.165) is 6.20 Å². The maximum absolute atomic E-state index is 14.2. The highest BCUT2D eigenvalue weighted by Gasteiger charge is 2.31. The van der Waals surface area contributed by atoms with Crippen LogP contribution in [0.5, 0.6) is 0 Å². The molecule has 2 N–H and O–H groups in total. The molecule has 0 saturated carbocycles. The molecule has 9 heteroatoms. The van der Waals surface area contributed by atoms with E-state index in [1.165, 1.54) is 11.1 Å². The number of H-pyrrole nitrogens is 1. The van der Waals surface area contributed by atoms with E-state index < -0.39 is 17.8 Å². The molecule has 0 spiro atoms. The topological polar surface area (TPSA) is 89.5 Å². The molecule has 1 atom stereocenters. The van der Waals surface area contributed by atoms with Crippen molar-refractivity contribution in [2.75, 3.05) is 26.2 Å². The number of carbonyl (C=O) groups is 2.